The summed E-state index contributed by atoms with van der Waals surface area (Å²) in [4.78, 5) is 6.53. The van der Waals surface area contributed by atoms with E-state index in [1.807, 2.05) is 12.1 Å². The third-order valence-electron chi connectivity index (χ3n) is 2.94. The Kier molecular flexibility index (Phi) is 3.38. The number of rotatable bonds is 3. The second kappa shape index (κ2) is 4.80. The first-order chi connectivity index (χ1) is 8.17. The summed E-state index contributed by atoms with van der Waals surface area (Å²) in [7, 11) is 0. The number of nitrogen functional groups attached to an aromatic ring is 1. The summed E-state index contributed by atoms with van der Waals surface area (Å²) in [6, 6.07) is 6.09. The number of fused-ring (bicyclic) bond motifs is 1. The molecule has 1 heterocycles. The highest BCUT2D eigenvalue weighted by Gasteiger charge is 2.07. The van der Waals surface area contributed by atoms with E-state index < -0.39 is 0 Å². The summed E-state index contributed by atoms with van der Waals surface area (Å²) in [5.74, 6) is 0. The maximum Gasteiger partial charge on any atom is 0.0746 e. The number of aromatic nitrogens is 1. The molecule has 17 heavy (non-hydrogen) atoms. The molecule has 2 aromatic rings. The molecule has 0 fully saturated rings. The van der Waals surface area contributed by atoms with Gasteiger partial charge >= 0.3 is 0 Å². The van der Waals surface area contributed by atoms with Gasteiger partial charge in [0.2, 0.25) is 0 Å². The van der Waals surface area contributed by atoms with Gasteiger partial charge in [-0.3, -0.25) is 4.98 Å². The van der Waals surface area contributed by atoms with Gasteiger partial charge in [0.15, 0.2) is 0 Å². The van der Waals surface area contributed by atoms with Gasteiger partial charge in [-0.25, -0.2) is 0 Å². The highest BCUT2D eigenvalue weighted by molar-refractivity contribution is 6.37. The Labute approximate surface area is 106 Å². The van der Waals surface area contributed by atoms with E-state index in [9.17, 15) is 0 Å². The van der Waals surface area contributed by atoms with E-state index in [-0.39, 0.29) is 0 Å². The number of nitrogens with zero attached hydrogens (tertiary/aromatic N) is 2. The van der Waals surface area contributed by atoms with Crippen molar-refractivity contribution in [1.82, 2.24) is 4.98 Å². The van der Waals surface area contributed by atoms with Crippen molar-refractivity contribution < 1.29 is 0 Å². The smallest absolute Gasteiger partial charge is 0.0746 e. The van der Waals surface area contributed by atoms with Crippen molar-refractivity contribution in [2.45, 2.75) is 13.8 Å². The topological polar surface area (TPSA) is 42.2 Å². The molecule has 0 radical (unpaired) electrons. The summed E-state index contributed by atoms with van der Waals surface area (Å²) in [5, 5.41) is 1.50. The van der Waals surface area contributed by atoms with E-state index in [0.29, 0.717) is 10.7 Å². The Hall–Kier alpha value is -1.48. The predicted molar refractivity (Wildman–Crippen MR) is 74.7 cm³/mol. The Morgan fingerprint density at radius 1 is 1.29 bits per heavy atom. The Bertz CT molecular complexity index is 535. The predicted octanol–water partition coefficient (Wildman–Crippen LogP) is 3.32. The molecule has 2 rings (SSSR count). The van der Waals surface area contributed by atoms with E-state index >= 15 is 0 Å². The Balaban J connectivity index is 2.59. The number of pyridine rings is 1. The fourth-order valence-corrected chi connectivity index (χ4v) is 2.15. The second-order valence-electron chi connectivity index (χ2n) is 3.90. The van der Waals surface area contributed by atoms with Crippen molar-refractivity contribution in [3.63, 3.8) is 0 Å². The zero-order chi connectivity index (χ0) is 12.4. The van der Waals surface area contributed by atoms with Crippen LogP contribution in [0.1, 0.15) is 13.8 Å². The Morgan fingerprint density at radius 3 is 2.65 bits per heavy atom. The summed E-state index contributed by atoms with van der Waals surface area (Å²) in [6.45, 7) is 6.20. The third-order valence-corrected chi connectivity index (χ3v) is 3.36. The summed E-state index contributed by atoms with van der Waals surface area (Å²) >= 11 is 6.21. The number of hydrogen-bond acceptors (Lipinski definition) is 3. The molecular formula is C13H16ClN3. The molecule has 1 aromatic carbocycles. The van der Waals surface area contributed by atoms with Gasteiger partial charge < -0.3 is 10.6 Å². The van der Waals surface area contributed by atoms with E-state index in [1.165, 1.54) is 0 Å². The molecule has 0 unspecified atom stereocenters. The van der Waals surface area contributed by atoms with E-state index in [4.69, 9.17) is 17.3 Å². The van der Waals surface area contributed by atoms with Crippen LogP contribution in [-0.2, 0) is 0 Å². The lowest BCUT2D eigenvalue weighted by Gasteiger charge is -2.21. The molecule has 4 heteroatoms. The molecule has 0 spiro atoms. The van der Waals surface area contributed by atoms with Gasteiger partial charge in [0.25, 0.3) is 0 Å². The lowest BCUT2D eigenvalue weighted by atomic mass is 10.1. The van der Waals surface area contributed by atoms with E-state index in [0.717, 1.165) is 29.7 Å². The lowest BCUT2D eigenvalue weighted by molar-refractivity contribution is 0.867. The molecule has 0 aliphatic rings. The van der Waals surface area contributed by atoms with Crippen LogP contribution in [0.15, 0.2) is 24.4 Å². The zero-order valence-electron chi connectivity index (χ0n) is 10.1. The molecule has 90 valence electrons. The minimum atomic E-state index is 0.524. The van der Waals surface area contributed by atoms with Gasteiger partial charge in [-0.15, -0.1) is 0 Å². The highest BCUT2D eigenvalue weighted by Crippen LogP contribution is 2.30. The van der Waals surface area contributed by atoms with Crippen LogP contribution in [0.2, 0.25) is 5.02 Å². The number of anilines is 2. The Morgan fingerprint density at radius 2 is 2.00 bits per heavy atom. The molecule has 3 nitrogen and oxygen atoms in total. The first-order valence-corrected chi connectivity index (χ1v) is 6.13. The molecule has 1 aromatic heterocycles. The number of hydrogen-bond donors (Lipinski definition) is 1. The SMILES string of the molecule is CCN(CC)c1ccc2ncc(N)c(Cl)c2c1. The maximum absolute atomic E-state index is 6.21. The molecule has 0 bridgehead atoms. The van der Waals surface area contributed by atoms with Crippen molar-refractivity contribution in [2.75, 3.05) is 23.7 Å². The van der Waals surface area contributed by atoms with Crippen molar-refractivity contribution in [3.05, 3.63) is 29.4 Å². The van der Waals surface area contributed by atoms with Crippen LogP contribution in [0, 0.1) is 0 Å². The maximum atomic E-state index is 6.21. The molecule has 0 saturated heterocycles. The average molecular weight is 250 g/mol. The van der Waals surface area contributed by atoms with Gasteiger partial charge in [0.05, 0.1) is 22.4 Å². The van der Waals surface area contributed by atoms with Crippen LogP contribution in [0.4, 0.5) is 11.4 Å². The summed E-state index contributed by atoms with van der Waals surface area (Å²) in [6.07, 6.45) is 1.60. The molecule has 0 aliphatic carbocycles. The van der Waals surface area contributed by atoms with Gasteiger partial charge in [-0.1, -0.05) is 11.6 Å². The highest BCUT2D eigenvalue weighted by atomic mass is 35.5. The fourth-order valence-electron chi connectivity index (χ4n) is 1.95. The van der Waals surface area contributed by atoms with Gasteiger partial charge in [0.1, 0.15) is 0 Å². The van der Waals surface area contributed by atoms with Crippen molar-refractivity contribution >= 4 is 33.9 Å². The van der Waals surface area contributed by atoms with Crippen LogP contribution >= 0.6 is 11.6 Å². The lowest BCUT2D eigenvalue weighted by Crippen LogP contribution is -2.21. The standard InChI is InChI=1S/C13H16ClN3/c1-3-17(4-2)9-5-6-12-10(7-9)13(14)11(15)8-16-12/h5-8H,3-4,15H2,1-2H3. The number of halogens is 1. The van der Waals surface area contributed by atoms with Crippen molar-refractivity contribution in [3.8, 4) is 0 Å². The van der Waals surface area contributed by atoms with Crippen molar-refractivity contribution in [2.24, 2.45) is 0 Å². The largest absolute Gasteiger partial charge is 0.396 e. The van der Waals surface area contributed by atoms with E-state index in [2.05, 4.69) is 29.8 Å². The minimum absolute atomic E-state index is 0.524. The van der Waals surface area contributed by atoms with Crippen LogP contribution in [-0.4, -0.2) is 18.1 Å². The molecule has 0 saturated carbocycles. The summed E-state index contributed by atoms with van der Waals surface area (Å²) in [5.41, 5.74) is 8.32. The average Bonchev–Trinajstić information content (AvgIpc) is 2.36. The number of benzene rings is 1. The van der Waals surface area contributed by atoms with Crippen molar-refractivity contribution in [1.29, 1.82) is 0 Å². The second-order valence-corrected chi connectivity index (χ2v) is 4.28. The fraction of sp³-hybridized carbons (Fsp3) is 0.308. The monoisotopic (exact) mass is 249 g/mol. The zero-order valence-corrected chi connectivity index (χ0v) is 10.8. The van der Waals surface area contributed by atoms with Crippen LogP contribution in [0.3, 0.4) is 0 Å². The van der Waals surface area contributed by atoms with Crippen LogP contribution in [0.25, 0.3) is 10.9 Å². The van der Waals surface area contributed by atoms with Gasteiger partial charge in [-0.2, -0.15) is 0 Å². The molecule has 0 atom stereocenters. The molecular weight excluding hydrogens is 234 g/mol. The molecule has 2 N–H and O–H groups in total. The first kappa shape index (κ1) is 12.0. The summed E-state index contributed by atoms with van der Waals surface area (Å²) < 4.78 is 0. The quantitative estimate of drug-likeness (QED) is 0.908. The third kappa shape index (κ3) is 2.15. The minimum Gasteiger partial charge on any atom is -0.396 e. The van der Waals surface area contributed by atoms with Crippen LogP contribution < -0.4 is 10.6 Å². The van der Waals surface area contributed by atoms with Gasteiger partial charge in [-0.05, 0) is 32.0 Å². The number of nitrogens with two attached hydrogens (primary N) is 1. The van der Waals surface area contributed by atoms with Crippen LogP contribution in [0.5, 0.6) is 0 Å². The normalized spacial score (nSPS) is 10.8. The van der Waals surface area contributed by atoms with E-state index in [1.54, 1.807) is 6.20 Å². The molecule has 0 aliphatic heterocycles. The molecule has 0 amide bonds. The van der Waals surface area contributed by atoms with Gasteiger partial charge in [0, 0.05) is 24.2 Å². The first-order valence-electron chi connectivity index (χ1n) is 5.76.